The number of anilines is 2. The third kappa shape index (κ3) is 1.86. The number of hydrogen-bond donors (Lipinski definition) is 3. The van der Waals surface area contributed by atoms with Crippen molar-refractivity contribution < 1.29 is 24.1 Å². The molecule has 7 nitrogen and oxygen atoms in total. The molecule has 0 radical (unpaired) electrons. The number of nitrogen functional groups attached to an aromatic ring is 2. The summed E-state index contributed by atoms with van der Waals surface area (Å²) in [6.07, 6.45) is 0. The summed E-state index contributed by atoms with van der Waals surface area (Å²) in [6, 6.07) is 0. The van der Waals surface area contributed by atoms with Crippen molar-refractivity contribution in [3.63, 3.8) is 0 Å². The van der Waals surface area contributed by atoms with Crippen LogP contribution in [0.4, 0.5) is 11.4 Å². The number of carboxylic acid groups (broad SMARTS) is 1. The van der Waals surface area contributed by atoms with Gasteiger partial charge >= 0.3 is 5.97 Å². The Hall–Kier alpha value is -2.31. The second kappa shape index (κ2) is 4.69. The number of hydrogen-bond acceptors (Lipinski definition) is 6. The highest BCUT2D eigenvalue weighted by Gasteiger charge is 2.27. The standard InChI is InChI=1S/C10H14N2O5/c1-15-7-4(10(13)14)8(16-2)6(12)9(17-3)5(7)11/h11-12H2,1-3H3,(H,13,14). The van der Waals surface area contributed by atoms with Crippen molar-refractivity contribution >= 4 is 17.3 Å². The van der Waals surface area contributed by atoms with E-state index in [-0.39, 0.29) is 34.2 Å². The molecule has 17 heavy (non-hydrogen) atoms. The maximum atomic E-state index is 11.2. The van der Waals surface area contributed by atoms with E-state index in [1.54, 1.807) is 0 Å². The van der Waals surface area contributed by atoms with Gasteiger partial charge in [0.2, 0.25) is 0 Å². The van der Waals surface area contributed by atoms with E-state index in [1.807, 2.05) is 0 Å². The van der Waals surface area contributed by atoms with Crippen molar-refractivity contribution in [3.05, 3.63) is 5.56 Å². The number of rotatable bonds is 4. The van der Waals surface area contributed by atoms with Gasteiger partial charge in [-0.1, -0.05) is 0 Å². The van der Waals surface area contributed by atoms with Gasteiger partial charge in [-0.3, -0.25) is 0 Å². The van der Waals surface area contributed by atoms with Gasteiger partial charge in [0.05, 0.1) is 21.3 Å². The molecular formula is C10H14N2O5. The van der Waals surface area contributed by atoms with Crippen LogP contribution in [0.25, 0.3) is 0 Å². The first-order chi connectivity index (χ1) is 7.99. The number of nitrogens with two attached hydrogens (primary N) is 2. The molecular weight excluding hydrogens is 228 g/mol. The minimum absolute atomic E-state index is 0.0192. The Balaban J connectivity index is 3.74. The zero-order chi connectivity index (χ0) is 13.2. The van der Waals surface area contributed by atoms with E-state index in [1.165, 1.54) is 21.3 Å². The summed E-state index contributed by atoms with van der Waals surface area (Å²) in [6.45, 7) is 0. The minimum Gasteiger partial charge on any atom is -0.493 e. The Labute approximate surface area is 97.9 Å². The summed E-state index contributed by atoms with van der Waals surface area (Å²) in [4.78, 5) is 11.2. The van der Waals surface area contributed by atoms with Crippen molar-refractivity contribution in [1.29, 1.82) is 0 Å². The van der Waals surface area contributed by atoms with Gasteiger partial charge in [-0.15, -0.1) is 0 Å². The smallest absolute Gasteiger partial charge is 0.343 e. The van der Waals surface area contributed by atoms with Gasteiger partial charge in [-0.25, -0.2) is 4.79 Å². The molecule has 0 amide bonds. The zero-order valence-corrected chi connectivity index (χ0v) is 9.73. The first-order valence-corrected chi connectivity index (χ1v) is 4.59. The van der Waals surface area contributed by atoms with Crippen LogP contribution in [0.1, 0.15) is 10.4 Å². The van der Waals surface area contributed by atoms with E-state index in [0.29, 0.717) is 0 Å². The summed E-state index contributed by atoms with van der Waals surface area (Å²) in [7, 11) is 3.96. The van der Waals surface area contributed by atoms with Gasteiger partial charge in [-0.2, -0.15) is 0 Å². The minimum atomic E-state index is -1.25. The Kier molecular flexibility index (Phi) is 3.52. The maximum absolute atomic E-state index is 11.2. The topological polar surface area (TPSA) is 117 Å². The molecule has 0 spiro atoms. The van der Waals surface area contributed by atoms with Gasteiger partial charge in [0.15, 0.2) is 17.2 Å². The normalized spacial score (nSPS) is 9.82. The fourth-order valence-corrected chi connectivity index (χ4v) is 1.56. The molecule has 0 aliphatic heterocycles. The van der Waals surface area contributed by atoms with Gasteiger partial charge in [0, 0.05) is 0 Å². The van der Waals surface area contributed by atoms with E-state index < -0.39 is 5.97 Å². The van der Waals surface area contributed by atoms with Crippen molar-refractivity contribution in [1.82, 2.24) is 0 Å². The summed E-state index contributed by atoms with van der Waals surface area (Å²) in [5.41, 5.74) is 11.2. The van der Waals surface area contributed by atoms with Gasteiger partial charge < -0.3 is 30.8 Å². The lowest BCUT2D eigenvalue weighted by Gasteiger charge is -2.18. The third-order valence-electron chi connectivity index (χ3n) is 2.26. The molecule has 0 atom stereocenters. The summed E-state index contributed by atoms with van der Waals surface area (Å²) >= 11 is 0. The van der Waals surface area contributed by atoms with Crippen LogP contribution in [0.15, 0.2) is 0 Å². The predicted molar refractivity (Wildman–Crippen MR) is 61.9 cm³/mol. The summed E-state index contributed by atoms with van der Waals surface area (Å²) in [5.74, 6) is -1.20. The van der Waals surface area contributed by atoms with Gasteiger partial charge in [0.25, 0.3) is 0 Å². The Morgan fingerprint density at radius 1 is 0.941 bits per heavy atom. The summed E-state index contributed by atoms with van der Waals surface area (Å²) in [5, 5.41) is 9.11. The number of carbonyl (C=O) groups is 1. The second-order valence-corrected chi connectivity index (χ2v) is 3.11. The molecule has 0 heterocycles. The molecule has 0 bridgehead atoms. The molecule has 0 saturated carbocycles. The molecule has 0 saturated heterocycles. The molecule has 0 aromatic heterocycles. The van der Waals surface area contributed by atoms with Crippen LogP contribution in [0.3, 0.4) is 0 Å². The lowest BCUT2D eigenvalue weighted by atomic mass is 10.1. The van der Waals surface area contributed by atoms with Crippen molar-refractivity contribution in [3.8, 4) is 17.2 Å². The zero-order valence-electron chi connectivity index (χ0n) is 9.73. The fourth-order valence-electron chi connectivity index (χ4n) is 1.56. The lowest BCUT2D eigenvalue weighted by molar-refractivity contribution is 0.0689. The highest BCUT2D eigenvalue weighted by atomic mass is 16.5. The third-order valence-corrected chi connectivity index (χ3v) is 2.26. The molecule has 1 aromatic rings. The molecule has 0 unspecified atom stereocenters. The highest BCUT2D eigenvalue weighted by molar-refractivity contribution is 6.01. The quantitative estimate of drug-likeness (QED) is 0.661. The molecule has 94 valence electrons. The largest absolute Gasteiger partial charge is 0.493 e. The predicted octanol–water partition coefficient (Wildman–Crippen LogP) is 0.575. The van der Waals surface area contributed by atoms with Crippen LogP contribution in [0.2, 0.25) is 0 Å². The van der Waals surface area contributed by atoms with Crippen molar-refractivity contribution in [2.24, 2.45) is 0 Å². The molecule has 7 heteroatoms. The van der Waals surface area contributed by atoms with E-state index in [2.05, 4.69) is 0 Å². The SMILES string of the molecule is COc1c(N)c(OC)c(C(=O)O)c(OC)c1N. The average molecular weight is 242 g/mol. The van der Waals surface area contributed by atoms with Gasteiger partial charge in [0.1, 0.15) is 16.9 Å². The fraction of sp³-hybridized carbons (Fsp3) is 0.300. The number of aromatic carboxylic acids is 1. The molecule has 1 rings (SSSR count). The van der Waals surface area contributed by atoms with E-state index in [0.717, 1.165) is 0 Å². The number of ether oxygens (including phenoxy) is 3. The second-order valence-electron chi connectivity index (χ2n) is 3.11. The van der Waals surface area contributed by atoms with Crippen LogP contribution >= 0.6 is 0 Å². The summed E-state index contributed by atoms with van der Waals surface area (Å²) < 4.78 is 14.9. The first kappa shape index (κ1) is 12.8. The van der Waals surface area contributed by atoms with E-state index >= 15 is 0 Å². The first-order valence-electron chi connectivity index (χ1n) is 4.59. The van der Waals surface area contributed by atoms with Crippen molar-refractivity contribution in [2.45, 2.75) is 0 Å². The van der Waals surface area contributed by atoms with E-state index in [9.17, 15) is 4.79 Å². The van der Waals surface area contributed by atoms with Crippen LogP contribution < -0.4 is 25.7 Å². The number of carboxylic acids is 1. The Morgan fingerprint density at radius 2 is 1.29 bits per heavy atom. The highest BCUT2D eigenvalue weighted by Crippen LogP contribution is 2.47. The lowest BCUT2D eigenvalue weighted by Crippen LogP contribution is -2.10. The monoisotopic (exact) mass is 242 g/mol. The van der Waals surface area contributed by atoms with Crippen LogP contribution in [0.5, 0.6) is 17.2 Å². The molecule has 0 aliphatic carbocycles. The van der Waals surface area contributed by atoms with Crippen LogP contribution in [-0.2, 0) is 0 Å². The van der Waals surface area contributed by atoms with Crippen LogP contribution in [0, 0.1) is 0 Å². The molecule has 0 aliphatic rings. The average Bonchev–Trinajstić information content (AvgIpc) is 2.28. The van der Waals surface area contributed by atoms with E-state index in [4.69, 9.17) is 30.8 Å². The van der Waals surface area contributed by atoms with Crippen molar-refractivity contribution in [2.75, 3.05) is 32.8 Å². The van der Waals surface area contributed by atoms with Crippen LogP contribution in [-0.4, -0.2) is 32.4 Å². The molecule has 5 N–H and O–H groups in total. The Morgan fingerprint density at radius 3 is 1.53 bits per heavy atom. The number of methoxy groups -OCH3 is 3. The Bertz CT molecular complexity index is 427. The maximum Gasteiger partial charge on any atom is 0.343 e. The number of benzene rings is 1. The molecule has 1 aromatic carbocycles. The molecule has 0 fully saturated rings. The van der Waals surface area contributed by atoms with Gasteiger partial charge in [-0.05, 0) is 0 Å².